The number of benzene rings is 1. The van der Waals surface area contributed by atoms with Crippen LogP contribution in [0.25, 0.3) is 0 Å². The van der Waals surface area contributed by atoms with Gasteiger partial charge in [-0.25, -0.2) is 8.42 Å². The average molecular weight is 368 g/mol. The Labute approximate surface area is 148 Å². The molecule has 25 heavy (non-hydrogen) atoms. The van der Waals surface area contributed by atoms with Gasteiger partial charge in [-0.05, 0) is 37.1 Å². The van der Waals surface area contributed by atoms with Crippen molar-refractivity contribution in [3.8, 4) is 11.5 Å². The number of fused-ring (bicyclic) bond motifs is 1. The lowest BCUT2D eigenvalue weighted by molar-refractivity contribution is -0.117. The molecular formula is C17H24N2O5S. The molecule has 0 spiro atoms. The first-order valence-corrected chi connectivity index (χ1v) is 10.4. The maximum absolute atomic E-state index is 12.1. The minimum atomic E-state index is -3.27. The zero-order valence-electron chi connectivity index (χ0n) is 14.1. The first-order chi connectivity index (χ1) is 11.9. The van der Waals surface area contributed by atoms with Gasteiger partial charge in [0.1, 0.15) is 13.2 Å². The number of rotatable bonds is 7. The number of sulfone groups is 1. The Hall–Kier alpha value is -1.80. The molecule has 0 aromatic heterocycles. The normalized spacial score (nSPS) is 20.6. The zero-order valence-corrected chi connectivity index (χ0v) is 15.0. The zero-order chi connectivity index (χ0) is 17.9. The molecular weight excluding hydrogens is 344 g/mol. The van der Waals surface area contributed by atoms with Crippen molar-refractivity contribution < 1.29 is 22.7 Å². The molecule has 0 aliphatic carbocycles. The van der Waals surface area contributed by atoms with E-state index in [1.165, 1.54) is 0 Å². The Kier molecular flexibility index (Phi) is 5.48. The van der Waals surface area contributed by atoms with Gasteiger partial charge in [0, 0.05) is 19.0 Å². The van der Waals surface area contributed by atoms with Gasteiger partial charge in [-0.3, -0.25) is 9.69 Å². The maximum atomic E-state index is 12.1. The first-order valence-electron chi connectivity index (χ1n) is 8.57. The highest BCUT2D eigenvalue weighted by Gasteiger charge is 2.28. The van der Waals surface area contributed by atoms with E-state index in [2.05, 4.69) is 4.90 Å². The lowest BCUT2D eigenvalue weighted by Crippen LogP contribution is -2.30. The molecule has 8 heteroatoms. The fourth-order valence-corrected chi connectivity index (χ4v) is 4.58. The van der Waals surface area contributed by atoms with E-state index in [0.29, 0.717) is 19.8 Å². The summed E-state index contributed by atoms with van der Waals surface area (Å²) in [5, 5.41) is 0. The smallest absolute Gasteiger partial charge is 0.218 e. The van der Waals surface area contributed by atoms with Crippen LogP contribution in [-0.4, -0.2) is 57.0 Å². The van der Waals surface area contributed by atoms with E-state index in [-0.39, 0.29) is 24.0 Å². The molecule has 1 aromatic rings. The van der Waals surface area contributed by atoms with E-state index >= 15 is 0 Å². The summed E-state index contributed by atoms with van der Waals surface area (Å²) < 4.78 is 35.3. The number of hydrogen-bond acceptors (Lipinski definition) is 6. The third-order valence-corrected chi connectivity index (χ3v) is 6.29. The van der Waals surface area contributed by atoms with Crippen molar-refractivity contribution in [3.05, 3.63) is 23.8 Å². The molecule has 2 aliphatic heterocycles. The summed E-state index contributed by atoms with van der Waals surface area (Å²) >= 11 is 0. The number of nitrogens with zero attached hydrogens (tertiary/aromatic N) is 1. The van der Waals surface area contributed by atoms with Gasteiger partial charge in [0.15, 0.2) is 21.3 Å². The van der Waals surface area contributed by atoms with Crippen LogP contribution in [0.2, 0.25) is 0 Å². The van der Waals surface area contributed by atoms with Crippen LogP contribution in [-0.2, 0) is 14.6 Å². The summed E-state index contributed by atoms with van der Waals surface area (Å²) in [6, 6.07) is 6.13. The summed E-state index contributed by atoms with van der Waals surface area (Å²) in [5.41, 5.74) is 6.16. The third-order valence-electron chi connectivity index (χ3n) is 4.66. The van der Waals surface area contributed by atoms with Crippen LogP contribution >= 0.6 is 0 Å². The fourth-order valence-electron chi connectivity index (χ4n) is 3.35. The number of primary amides is 1. The number of nitrogens with two attached hydrogens (primary N) is 1. The minimum absolute atomic E-state index is 0.0430. The second kappa shape index (κ2) is 7.61. The van der Waals surface area contributed by atoms with Gasteiger partial charge in [0.05, 0.1) is 11.5 Å². The van der Waals surface area contributed by atoms with Crippen LogP contribution < -0.4 is 15.2 Å². The summed E-state index contributed by atoms with van der Waals surface area (Å²) in [7, 11) is -3.27. The maximum Gasteiger partial charge on any atom is 0.218 e. The van der Waals surface area contributed by atoms with E-state index in [0.717, 1.165) is 36.4 Å². The van der Waals surface area contributed by atoms with Gasteiger partial charge in [0.25, 0.3) is 0 Å². The van der Waals surface area contributed by atoms with Gasteiger partial charge in [-0.2, -0.15) is 0 Å². The standard InChI is InChI=1S/C17H24N2O5S/c18-17(20)5-10-25(21,22)11-7-19-6-1-2-14(19)13-3-4-15-16(12-13)24-9-8-23-15/h3-4,12,14H,1-2,5-11H2,(H2,18,20)/t14-/m1/s1. The third kappa shape index (κ3) is 4.64. The van der Waals surface area contributed by atoms with E-state index in [1.807, 2.05) is 18.2 Å². The van der Waals surface area contributed by atoms with Crippen molar-refractivity contribution in [3.63, 3.8) is 0 Å². The van der Waals surface area contributed by atoms with Crippen molar-refractivity contribution in [2.24, 2.45) is 5.73 Å². The largest absolute Gasteiger partial charge is 0.486 e. The molecule has 3 rings (SSSR count). The first kappa shape index (κ1) is 18.0. The van der Waals surface area contributed by atoms with Crippen LogP contribution in [0.4, 0.5) is 0 Å². The number of carbonyl (C=O) groups is 1. The van der Waals surface area contributed by atoms with E-state index in [1.54, 1.807) is 0 Å². The van der Waals surface area contributed by atoms with E-state index in [9.17, 15) is 13.2 Å². The van der Waals surface area contributed by atoms with Gasteiger partial charge in [-0.15, -0.1) is 0 Å². The highest BCUT2D eigenvalue weighted by Crippen LogP contribution is 2.37. The molecule has 2 heterocycles. The number of hydrogen-bond donors (Lipinski definition) is 1. The highest BCUT2D eigenvalue weighted by molar-refractivity contribution is 7.91. The lowest BCUT2D eigenvalue weighted by atomic mass is 10.0. The number of likely N-dealkylation sites (tertiary alicyclic amines) is 1. The highest BCUT2D eigenvalue weighted by atomic mass is 32.2. The van der Waals surface area contributed by atoms with Crippen molar-refractivity contribution in [1.29, 1.82) is 0 Å². The molecule has 2 N–H and O–H groups in total. The predicted octanol–water partition coefficient (Wildman–Crippen LogP) is 0.885. The second-order valence-electron chi connectivity index (χ2n) is 6.47. The van der Waals surface area contributed by atoms with Gasteiger partial charge < -0.3 is 15.2 Å². The molecule has 7 nitrogen and oxygen atoms in total. The van der Waals surface area contributed by atoms with E-state index in [4.69, 9.17) is 15.2 Å². The molecule has 1 aromatic carbocycles. The molecule has 1 atom stereocenters. The number of carbonyl (C=O) groups excluding carboxylic acids is 1. The van der Waals surface area contributed by atoms with Gasteiger partial charge in [-0.1, -0.05) is 6.07 Å². The van der Waals surface area contributed by atoms with Gasteiger partial charge >= 0.3 is 0 Å². The number of ether oxygens (including phenoxy) is 2. The molecule has 1 amide bonds. The van der Waals surface area contributed by atoms with E-state index < -0.39 is 15.7 Å². The number of amides is 1. The molecule has 1 saturated heterocycles. The summed E-state index contributed by atoms with van der Waals surface area (Å²) in [6.45, 7) is 2.43. The Morgan fingerprint density at radius 3 is 2.72 bits per heavy atom. The Morgan fingerprint density at radius 1 is 1.20 bits per heavy atom. The minimum Gasteiger partial charge on any atom is -0.486 e. The lowest BCUT2D eigenvalue weighted by Gasteiger charge is -2.26. The molecule has 0 saturated carbocycles. The van der Waals surface area contributed by atoms with Crippen molar-refractivity contribution in [2.45, 2.75) is 25.3 Å². The Morgan fingerprint density at radius 2 is 1.96 bits per heavy atom. The van der Waals surface area contributed by atoms with Crippen LogP contribution in [0.5, 0.6) is 11.5 Å². The summed E-state index contributed by atoms with van der Waals surface area (Å²) in [6.07, 6.45) is 1.90. The molecule has 0 bridgehead atoms. The summed E-state index contributed by atoms with van der Waals surface area (Å²) in [5.74, 6) is 0.795. The summed E-state index contributed by atoms with van der Waals surface area (Å²) in [4.78, 5) is 13.0. The van der Waals surface area contributed by atoms with Crippen molar-refractivity contribution in [2.75, 3.05) is 37.8 Å². The van der Waals surface area contributed by atoms with Crippen molar-refractivity contribution >= 4 is 15.7 Å². The average Bonchev–Trinajstić information content (AvgIpc) is 3.07. The molecule has 0 radical (unpaired) electrons. The Bertz CT molecular complexity index is 735. The molecule has 138 valence electrons. The monoisotopic (exact) mass is 368 g/mol. The van der Waals surface area contributed by atoms with Crippen LogP contribution in [0.3, 0.4) is 0 Å². The molecule has 0 unspecified atom stereocenters. The second-order valence-corrected chi connectivity index (χ2v) is 8.77. The Balaban J connectivity index is 1.64. The SMILES string of the molecule is NC(=O)CCS(=O)(=O)CCN1CCC[C@@H]1c1ccc2c(c1)OCCO2. The van der Waals surface area contributed by atoms with Crippen molar-refractivity contribution in [1.82, 2.24) is 4.90 Å². The van der Waals surface area contributed by atoms with Crippen LogP contribution in [0.1, 0.15) is 30.9 Å². The van der Waals surface area contributed by atoms with Crippen LogP contribution in [0.15, 0.2) is 18.2 Å². The molecule has 2 aliphatic rings. The topological polar surface area (TPSA) is 98.9 Å². The predicted molar refractivity (Wildman–Crippen MR) is 93.4 cm³/mol. The van der Waals surface area contributed by atoms with Gasteiger partial charge in [0.2, 0.25) is 5.91 Å². The van der Waals surface area contributed by atoms with Crippen LogP contribution in [0, 0.1) is 0 Å². The fraction of sp³-hybridized carbons (Fsp3) is 0.588. The molecule has 1 fully saturated rings. The quantitative estimate of drug-likeness (QED) is 0.767.